The summed E-state index contributed by atoms with van der Waals surface area (Å²) in [5, 5.41) is 3.74. The molecule has 4 rings (SSSR count). The van der Waals surface area contributed by atoms with Gasteiger partial charge in [-0.3, -0.25) is 0 Å². The molecule has 1 aromatic carbocycles. The lowest BCUT2D eigenvalue weighted by atomic mass is 10.2. The molecule has 4 aromatic rings. The molecule has 12 heteroatoms. The van der Waals surface area contributed by atoms with Crippen LogP contribution in [-0.4, -0.2) is 27.9 Å². The highest BCUT2D eigenvalue weighted by molar-refractivity contribution is 7.90. The van der Waals surface area contributed by atoms with Gasteiger partial charge in [0.15, 0.2) is 9.84 Å². The lowest BCUT2D eigenvalue weighted by Crippen LogP contribution is -2.05. The standard InChI is InChI=1S/C17H10ClF3N4O3S/c18-11-1-3-13(4-2-11)29(26,27)9-12-8-25-6-5-10(7-14(25)22-12)15-23-16(28-24-15)17(19,20)21/h1-8H,9H2. The van der Waals surface area contributed by atoms with Gasteiger partial charge in [0.2, 0.25) is 5.82 Å². The van der Waals surface area contributed by atoms with Crippen molar-refractivity contribution in [1.82, 2.24) is 19.5 Å². The van der Waals surface area contributed by atoms with Crippen LogP contribution in [0.15, 0.2) is 58.2 Å². The lowest BCUT2D eigenvalue weighted by Gasteiger charge is -2.02. The summed E-state index contributed by atoms with van der Waals surface area (Å²) >= 11 is 5.78. The first kappa shape index (κ1) is 19.4. The Morgan fingerprint density at radius 2 is 1.83 bits per heavy atom. The van der Waals surface area contributed by atoms with Crippen molar-refractivity contribution in [2.75, 3.05) is 0 Å². The van der Waals surface area contributed by atoms with E-state index in [0.717, 1.165) is 0 Å². The predicted octanol–water partition coefficient (Wildman–Crippen LogP) is 4.03. The smallest absolute Gasteiger partial charge is 0.329 e. The molecule has 3 aromatic heterocycles. The second-order valence-corrected chi connectivity index (χ2v) is 8.47. The zero-order chi connectivity index (χ0) is 20.8. The van der Waals surface area contributed by atoms with Gasteiger partial charge in [-0.15, -0.1) is 0 Å². The number of aromatic nitrogens is 4. The molecule has 7 nitrogen and oxygen atoms in total. The molecule has 3 heterocycles. The number of hydrogen-bond donors (Lipinski definition) is 0. The van der Waals surface area contributed by atoms with E-state index in [-0.39, 0.29) is 27.7 Å². The first-order valence-corrected chi connectivity index (χ1v) is 10.0. The minimum absolute atomic E-state index is 0.103. The second kappa shape index (κ2) is 6.85. The molecule has 0 radical (unpaired) electrons. The van der Waals surface area contributed by atoms with E-state index in [1.165, 1.54) is 48.8 Å². The first-order valence-electron chi connectivity index (χ1n) is 7.99. The number of hydrogen-bond acceptors (Lipinski definition) is 6. The Morgan fingerprint density at radius 1 is 1.10 bits per heavy atom. The van der Waals surface area contributed by atoms with Crippen LogP contribution in [0.1, 0.15) is 11.6 Å². The summed E-state index contributed by atoms with van der Waals surface area (Å²) in [6, 6.07) is 8.66. The third-order valence-corrected chi connectivity index (χ3v) is 5.87. The minimum Gasteiger partial charge on any atom is -0.329 e. The van der Waals surface area contributed by atoms with Crippen molar-refractivity contribution in [3.63, 3.8) is 0 Å². The topological polar surface area (TPSA) is 90.4 Å². The number of benzene rings is 1. The predicted molar refractivity (Wildman–Crippen MR) is 95.8 cm³/mol. The van der Waals surface area contributed by atoms with E-state index in [9.17, 15) is 21.6 Å². The van der Waals surface area contributed by atoms with Crippen molar-refractivity contribution in [1.29, 1.82) is 0 Å². The van der Waals surface area contributed by atoms with Gasteiger partial charge < -0.3 is 8.92 Å². The van der Waals surface area contributed by atoms with Crippen LogP contribution in [0.25, 0.3) is 17.0 Å². The zero-order valence-corrected chi connectivity index (χ0v) is 15.8. The van der Waals surface area contributed by atoms with Crippen LogP contribution in [0.5, 0.6) is 0 Å². The maximum atomic E-state index is 12.6. The Bertz CT molecular complexity index is 1300. The fourth-order valence-electron chi connectivity index (χ4n) is 2.62. The Hall–Kier alpha value is -2.92. The zero-order valence-electron chi connectivity index (χ0n) is 14.3. The van der Waals surface area contributed by atoms with E-state index in [2.05, 4.69) is 19.6 Å². The molecular formula is C17H10ClF3N4O3S. The average Bonchev–Trinajstić information content (AvgIpc) is 3.27. The van der Waals surface area contributed by atoms with E-state index in [4.69, 9.17) is 11.6 Å². The van der Waals surface area contributed by atoms with Crippen LogP contribution in [0.4, 0.5) is 13.2 Å². The highest BCUT2D eigenvalue weighted by Gasteiger charge is 2.38. The number of nitrogens with zero attached hydrogens (tertiary/aromatic N) is 4. The number of rotatable bonds is 4. The van der Waals surface area contributed by atoms with Crippen molar-refractivity contribution < 1.29 is 26.1 Å². The highest BCUT2D eigenvalue weighted by atomic mass is 35.5. The van der Waals surface area contributed by atoms with Gasteiger partial charge in [0.25, 0.3) is 0 Å². The molecule has 0 unspecified atom stereocenters. The number of alkyl halides is 3. The molecule has 29 heavy (non-hydrogen) atoms. The molecular weight excluding hydrogens is 433 g/mol. The largest absolute Gasteiger partial charge is 0.471 e. The van der Waals surface area contributed by atoms with E-state index >= 15 is 0 Å². The fraction of sp³-hybridized carbons (Fsp3) is 0.118. The molecule has 0 fully saturated rings. The number of pyridine rings is 1. The lowest BCUT2D eigenvalue weighted by molar-refractivity contribution is -0.159. The van der Waals surface area contributed by atoms with Crippen LogP contribution in [-0.2, 0) is 21.8 Å². The van der Waals surface area contributed by atoms with Crippen molar-refractivity contribution >= 4 is 27.1 Å². The van der Waals surface area contributed by atoms with Gasteiger partial charge in [-0.1, -0.05) is 16.8 Å². The Morgan fingerprint density at radius 3 is 2.48 bits per heavy atom. The maximum Gasteiger partial charge on any atom is 0.471 e. The van der Waals surface area contributed by atoms with Gasteiger partial charge in [0.1, 0.15) is 5.65 Å². The summed E-state index contributed by atoms with van der Waals surface area (Å²) in [6.07, 6.45) is -1.71. The van der Waals surface area contributed by atoms with E-state index in [0.29, 0.717) is 10.7 Å². The van der Waals surface area contributed by atoms with Gasteiger partial charge in [-0.05, 0) is 36.4 Å². The number of fused-ring (bicyclic) bond motifs is 1. The molecule has 0 bridgehead atoms. The molecule has 0 aliphatic carbocycles. The first-order chi connectivity index (χ1) is 13.6. The molecule has 150 valence electrons. The highest BCUT2D eigenvalue weighted by Crippen LogP contribution is 2.29. The molecule has 0 saturated heterocycles. The second-order valence-electron chi connectivity index (χ2n) is 6.05. The van der Waals surface area contributed by atoms with Crippen molar-refractivity contribution in [3.05, 3.63) is 65.4 Å². The van der Waals surface area contributed by atoms with Gasteiger partial charge in [-0.2, -0.15) is 18.2 Å². The van der Waals surface area contributed by atoms with E-state index in [1.807, 2.05) is 0 Å². The number of imidazole rings is 1. The number of halogens is 4. The average molecular weight is 443 g/mol. The minimum atomic E-state index is -4.74. The van der Waals surface area contributed by atoms with Crippen molar-refractivity contribution in [3.8, 4) is 11.4 Å². The van der Waals surface area contributed by atoms with Gasteiger partial charge in [0, 0.05) is 23.0 Å². The van der Waals surface area contributed by atoms with Gasteiger partial charge in [-0.25, -0.2) is 13.4 Å². The van der Waals surface area contributed by atoms with Crippen LogP contribution in [0.2, 0.25) is 5.02 Å². The fourth-order valence-corrected chi connectivity index (χ4v) is 3.99. The maximum absolute atomic E-state index is 12.6. The van der Waals surface area contributed by atoms with Crippen LogP contribution < -0.4 is 0 Å². The summed E-state index contributed by atoms with van der Waals surface area (Å²) in [5.41, 5.74) is 0.831. The molecule has 0 N–H and O–H groups in total. The molecule has 0 saturated carbocycles. The van der Waals surface area contributed by atoms with Crippen LogP contribution in [0, 0.1) is 0 Å². The summed E-state index contributed by atoms with van der Waals surface area (Å²) in [7, 11) is -3.65. The summed E-state index contributed by atoms with van der Waals surface area (Å²) in [6.45, 7) is 0. The summed E-state index contributed by atoms with van der Waals surface area (Å²) in [5.74, 6) is -2.06. The Balaban J connectivity index is 1.63. The van der Waals surface area contributed by atoms with Crippen LogP contribution in [0.3, 0.4) is 0 Å². The molecule has 0 atom stereocenters. The van der Waals surface area contributed by atoms with E-state index < -0.39 is 21.9 Å². The third kappa shape index (κ3) is 3.96. The van der Waals surface area contributed by atoms with Crippen molar-refractivity contribution in [2.45, 2.75) is 16.8 Å². The third-order valence-electron chi connectivity index (χ3n) is 3.95. The quantitative estimate of drug-likeness (QED) is 0.474. The number of sulfone groups is 1. The summed E-state index contributed by atoms with van der Waals surface area (Å²) in [4.78, 5) is 7.66. The molecule has 0 spiro atoms. The monoisotopic (exact) mass is 442 g/mol. The van der Waals surface area contributed by atoms with Crippen molar-refractivity contribution in [2.24, 2.45) is 0 Å². The molecule has 0 aliphatic rings. The van der Waals surface area contributed by atoms with Gasteiger partial charge in [0.05, 0.1) is 16.3 Å². The summed E-state index contributed by atoms with van der Waals surface area (Å²) < 4.78 is 68.7. The Labute approximate surface area is 166 Å². The van der Waals surface area contributed by atoms with Crippen LogP contribution >= 0.6 is 11.6 Å². The Kier molecular flexibility index (Phi) is 4.58. The molecule has 0 amide bonds. The molecule has 0 aliphatic heterocycles. The van der Waals surface area contributed by atoms with Gasteiger partial charge >= 0.3 is 12.1 Å². The normalized spacial score (nSPS) is 12.6. The van der Waals surface area contributed by atoms with E-state index in [1.54, 1.807) is 4.40 Å². The SMILES string of the molecule is O=S(=O)(Cc1cn2ccc(-c3noc(C(F)(F)F)n3)cc2n1)c1ccc(Cl)cc1.